The Labute approximate surface area is 263 Å². The molecule has 0 aliphatic rings. The molecule has 4 aromatic carbocycles. The van der Waals surface area contributed by atoms with Gasteiger partial charge in [-0.3, -0.25) is 24.5 Å². The molecule has 0 bridgehead atoms. The van der Waals surface area contributed by atoms with Gasteiger partial charge in [0.1, 0.15) is 11.4 Å². The van der Waals surface area contributed by atoms with E-state index in [1.54, 1.807) is 49.4 Å². The maximum absolute atomic E-state index is 14.1. The number of halogens is 4. The highest BCUT2D eigenvalue weighted by atomic mass is 32.2. The van der Waals surface area contributed by atoms with Crippen LogP contribution in [-0.2, 0) is 9.59 Å². The number of nitrogens with zero attached hydrogens (tertiary/aromatic N) is 1. The summed E-state index contributed by atoms with van der Waals surface area (Å²) in [4.78, 5) is 50.0. The molecule has 4 aromatic rings. The standard InChI is InChI=1S/C32H24F4N4O5S/c1-2-26(32(43)39-29-27(35)23(33)17-24(34)28(29)36)46-22-10-6-9-20(16-22)37-31(42)25(38-30(41)19-7-4-3-5-8-19)15-18-11-13-21(14-12-18)40(44)45/h3-17,26H,2H2,1H3,(H,37,42)(H,38,41)(H,39,43)/b25-15+. The second kappa shape index (κ2) is 15.0. The molecule has 1 atom stereocenters. The van der Waals surface area contributed by atoms with E-state index in [2.05, 4.69) is 10.6 Å². The highest BCUT2D eigenvalue weighted by Crippen LogP contribution is 2.30. The van der Waals surface area contributed by atoms with Crippen molar-refractivity contribution in [3.8, 4) is 0 Å². The number of hydrogen-bond donors (Lipinski definition) is 3. The second-order valence-electron chi connectivity index (χ2n) is 9.56. The van der Waals surface area contributed by atoms with Gasteiger partial charge >= 0.3 is 0 Å². The lowest BCUT2D eigenvalue weighted by atomic mass is 10.1. The molecule has 0 fully saturated rings. The fraction of sp³-hybridized carbons (Fsp3) is 0.0938. The summed E-state index contributed by atoms with van der Waals surface area (Å²) in [5, 5.41) is 17.2. The summed E-state index contributed by atoms with van der Waals surface area (Å²) in [5.41, 5.74) is -0.684. The number of non-ortho nitro benzene ring substituents is 1. The lowest BCUT2D eigenvalue weighted by molar-refractivity contribution is -0.384. The molecular weight excluding hydrogens is 628 g/mol. The average molecular weight is 653 g/mol. The van der Waals surface area contributed by atoms with E-state index in [0.29, 0.717) is 10.5 Å². The zero-order valence-corrected chi connectivity index (χ0v) is 24.7. The number of hydrogen-bond acceptors (Lipinski definition) is 6. The van der Waals surface area contributed by atoms with E-state index in [1.807, 2.05) is 5.32 Å². The highest BCUT2D eigenvalue weighted by Gasteiger charge is 2.25. The number of nitrogens with one attached hydrogen (secondary N) is 3. The molecule has 3 amide bonds. The van der Waals surface area contributed by atoms with Gasteiger partial charge in [-0.15, -0.1) is 11.8 Å². The highest BCUT2D eigenvalue weighted by molar-refractivity contribution is 8.00. The van der Waals surface area contributed by atoms with Crippen LogP contribution in [0.3, 0.4) is 0 Å². The van der Waals surface area contributed by atoms with Crippen LogP contribution in [0.4, 0.5) is 34.6 Å². The van der Waals surface area contributed by atoms with Gasteiger partial charge in [0.15, 0.2) is 23.3 Å². The van der Waals surface area contributed by atoms with Crippen molar-refractivity contribution in [1.29, 1.82) is 0 Å². The van der Waals surface area contributed by atoms with Crippen LogP contribution in [0.2, 0.25) is 0 Å². The molecule has 0 heterocycles. The van der Waals surface area contributed by atoms with Crippen LogP contribution in [0.15, 0.2) is 95.5 Å². The van der Waals surface area contributed by atoms with Crippen LogP contribution in [-0.4, -0.2) is 27.9 Å². The smallest absolute Gasteiger partial charge is 0.272 e. The summed E-state index contributed by atoms with van der Waals surface area (Å²) >= 11 is 0.965. The third-order valence-electron chi connectivity index (χ3n) is 6.34. The molecule has 0 spiro atoms. The molecule has 236 valence electrons. The predicted octanol–water partition coefficient (Wildman–Crippen LogP) is 7.07. The minimum Gasteiger partial charge on any atom is -0.321 e. The van der Waals surface area contributed by atoms with Crippen LogP contribution >= 0.6 is 11.8 Å². The van der Waals surface area contributed by atoms with Gasteiger partial charge < -0.3 is 16.0 Å². The summed E-state index contributed by atoms with van der Waals surface area (Å²) in [6, 6.07) is 19.6. The van der Waals surface area contributed by atoms with Crippen molar-refractivity contribution in [2.75, 3.05) is 10.6 Å². The van der Waals surface area contributed by atoms with Crippen molar-refractivity contribution < 1.29 is 36.9 Å². The first-order valence-electron chi connectivity index (χ1n) is 13.5. The Morgan fingerprint density at radius 1 is 0.870 bits per heavy atom. The van der Waals surface area contributed by atoms with Gasteiger partial charge in [0.05, 0.1) is 10.2 Å². The van der Waals surface area contributed by atoms with Crippen LogP contribution in [0.25, 0.3) is 6.08 Å². The molecule has 14 heteroatoms. The second-order valence-corrected chi connectivity index (χ2v) is 10.8. The van der Waals surface area contributed by atoms with E-state index < -0.39 is 56.9 Å². The average Bonchev–Trinajstić information content (AvgIpc) is 3.05. The molecule has 1 unspecified atom stereocenters. The molecular formula is C32H24F4N4O5S. The number of anilines is 2. The van der Waals surface area contributed by atoms with Gasteiger partial charge in [-0.2, -0.15) is 0 Å². The number of carbonyl (C=O) groups is 3. The van der Waals surface area contributed by atoms with Gasteiger partial charge in [0.25, 0.3) is 17.5 Å². The third-order valence-corrected chi connectivity index (χ3v) is 7.70. The van der Waals surface area contributed by atoms with Gasteiger partial charge in [-0.25, -0.2) is 17.6 Å². The molecule has 46 heavy (non-hydrogen) atoms. The lowest BCUT2D eigenvalue weighted by Crippen LogP contribution is -2.30. The number of benzene rings is 4. The van der Waals surface area contributed by atoms with Crippen LogP contribution in [0.5, 0.6) is 0 Å². The third kappa shape index (κ3) is 8.35. The Kier molecular flexibility index (Phi) is 10.9. The van der Waals surface area contributed by atoms with Crippen molar-refractivity contribution in [3.05, 3.63) is 135 Å². The van der Waals surface area contributed by atoms with Crippen molar-refractivity contribution in [2.45, 2.75) is 23.5 Å². The first kappa shape index (κ1) is 33.4. The monoisotopic (exact) mass is 652 g/mol. The largest absolute Gasteiger partial charge is 0.321 e. The quantitative estimate of drug-likeness (QED) is 0.0397. The molecule has 4 rings (SSSR count). The number of amides is 3. The fourth-order valence-electron chi connectivity index (χ4n) is 4.02. The number of thioether (sulfide) groups is 1. The predicted molar refractivity (Wildman–Crippen MR) is 165 cm³/mol. The van der Waals surface area contributed by atoms with Crippen molar-refractivity contribution >= 4 is 52.6 Å². The topological polar surface area (TPSA) is 130 Å². The van der Waals surface area contributed by atoms with E-state index in [1.165, 1.54) is 42.5 Å². The van der Waals surface area contributed by atoms with Crippen LogP contribution < -0.4 is 16.0 Å². The molecule has 0 saturated heterocycles. The number of nitro benzene ring substituents is 1. The Balaban J connectivity index is 1.53. The van der Waals surface area contributed by atoms with E-state index in [0.717, 1.165) is 11.8 Å². The number of nitro groups is 1. The van der Waals surface area contributed by atoms with E-state index in [4.69, 9.17) is 0 Å². The fourth-order valence-corrected chi connectivity index (χ4v) is 5.03. The first-order valence-corrected chi connectivity index (χ1v) is 14.4. The minimum absolute atomic E-state index is 0.0335. The van der Waals surface area contributed by atoms with Gasteiger partial charge in [0, 0.05) is 34.3 Å². The Morgan fingerprint density at radius 2 is 1.52 bits per heavy atom. The molecule has 0 aliphatic heterocycles. The number of rotatable bonds is 11. The van der Waals surface area contributed by atoms with Crippen molar-refractivity contribution in [3.63, 3.8) is 0 Å². The maximum atomic E-state index is 14.1. The summed E-state index contributed by atoms with van der Waals surface area (Å²) < 4.78 is 55.4. The van der Waals surface area contributed by atoms with Gasteiger partial charge in [-0.05, 0) is 60.5 Å². The summed E-state index contributed by atoms with van der Waals surface area (Å²) in [6.45, 7) is 1.62. The summed E-state index contributed by atoms with van der Waals surface area (Å²) in [7, 11) is 0. The van der Waals surface area contributed by atoms with E-state index >= 15 is 0 Å². The summed E-state index contributed by atoms with van der Waals surface area (Å²) in [5.74, 6) is -9.06. The SMILES string of the molecule is CCC(Sc1cccc(NC(=O)/C(=C\c2ccc([N+](=O)[O-])cc2)NC(=O)c2ccccc2)c1)C(=O)Nc1c(F)c(F)cc(F)c1F. The number of carbonyl (C=O) groups excluding carboxylic acids is 3. The van der Waals surface area contributed by atoms with Gasteiger partial charge in [0.2, 0.25) is 5.91 Å². The van der Waals surface area contributed by atoms with Gasteiger partial charge in [-0.1, -0.05) is 31.2 Å². The molecule has 0 aromatic heterocycles. The Bertz CT molecular complexity index is 1800. The molecule has 0 aliphatic carbocycles. The Morgan fingerprint density at radius 3 is 2.13 bits per heavy atom. The zero-order chi connectivity index (χ0) is 33.4. The van der Waals surface area contributed by atoms with E-state index in [-0.39, 0.29) is 35.1 Å². The lowest BCUT2D eigenvalue weighted by Gasteiger charge is -2.17. The van der Waals surface area contributed by atoms with Crippen molar-refractivity contribution in [1.82, 2.24) is 5.32 Å². The molecule has 3 N–H and O–H groups in total. The zero-order valence-electron chi connectivity index (χ0n) is 23.9. The van der Waals surface area contributed by atoms with Crippen molar-refractivity contribution in [2.24, 2.45) is 0 Å². The molecule has 0 saturated carbocycles. The Hall–Kier alpha value is -5.50. The molecule has 9 nitrogen and oxygen atoms in total. The first-order chi connectivity index (χ1) is 22.0. The molecule has 0 radical (unpaired) electrons. The maximum Gasteiger partial charge on any atom is 0.272 e. The van der Waals surface area contributed by atoms with Crippen LogP contribution in [0.1, 0.15) is 29.3 Å². The summed E-state index contributed by atoms with van der Waals surface area (Å²) in [6.07, 6.45) is 1.49. The minimum atomic E-state index is -1.74. The normalized spacial score (nSPS) is 11.8. The van der Waals surface area contributed by atoms with E-state index in [9.17, 15) is 42.1 Å². The van der Waals surface area contributed by atoms with Crippen LogP contribution in [0, 0.1) is 33.4 Å².